The number of carboxylic acids is 1. The topological polar surface area (TPSA) is 264 Å². The molecule has 21 heavy (non-hydrogen) atoms. The molecular formula is C6H17MoNa3O11. The van der Waals surface area contributed by atoms with Crippen LogP contribution in [0.25, 0.3) is 0 Å². The summed E-state index contributed by atoms with van der Waals surface area (Å²) in [5.74, 6) is -1.98. The molecule has 15 heteroatoms. The quantitative estimate of drug-likeness (QED) is 0.259. The van der Waals surface area contributed by atoms with Gasteiger partial charge in [-0.25, -0.2) is 0 Å². The Balaban J connectivity index is -0.0000000257. The Labute approximate surface area is 201 Å². The van der Waals surface area contributed by atoms with Crippen LogP contribution in [0.3, 0.4) is 0 Å². The largest absolute Gasteiger partial charge is 1.00 e. The van der Waals surface area contributed by atoms with Crippen molar-refractivity contribution in [3.63, 3.8) is 0 Å². The van der Waals surface area contributed by atoms with Crippen LogP contribution in [0.15, 0.2) is 0 Å². The van der Waals surface area contributed by atoms with E-state index in [1.54, 1.807) is 0 Å². The standard InChI is InChI=1S/C6H12O7.Mo.3Na.4H2O/c7-1-2(8)3(9)4(10)5(11)6(12)13;;;;;;;;/h2-5,7-11H,1H2,(H,12,13);;;;;4*1H2/q;;3*+1;;;;/p-3/t2-,3-,4+,5-;;;;;;;;/m1......../s1. The van der Waals surface area contributed by atoms with E-state index in [9.17, 15) is 9.90 Å². The Morgan fingerprint density at radius 2 is 1.19 bits per heavy atom. The Hall–Kier alpha value is 2.80. The van der Waals surface area contributed by atoms with E-state index in [0.29, 0.717) is 0 Å². The predicted molar refractivity (Wildman–Crippen MR) is 47.2 cm³/mol. The molecule has 0 saturated heterocycles. The van der Waals surface area contributed by atoms with Gasteiger partial charge in [0.1, 0.15) is 24.4 Å². The summed E-state index contributed by atoms with van der Waals surface area (Å²) in [6, 6.07) is 0. The first kappa shape index (κ1) is 56.5. The van der Waals surface area contributed by atoms with Gasteiger partial charge in [0.15, 0.2) is 0 Å². The predicted octanol–water partition coefficient (Wildman–Crippen LogP) is -15.8. The fourth-order valence-corrected chi connectivity index (χ4v) is 0.662. The van der Waals surface area contributed by atoms with Crippen LogP contribution in [-0.4, -0.2) is 84.4 Å². The Bertz CT molecular complexity index is 191. The second kappa shape index (κ2) is 30.7. The van der Waals surface area contributed by atoms with Crippen molar-refractivity contribution in [2.75, 3.05) is 6.61 Å². The van der Waals surface area contributed by atoms with Crippen LogP contribution in [-0.2, 0) is 25.9 Å². The summed E-state index contributed by atoms with van der Waals surface area (Å²) < 4.78 is 0. The Kier molecular flexibility index (Phi) is 82.5. The minimum Gasteiger partial charge on any atom is -0.870 e. The Morgan fingerprint density at radius 1 is 0.905 bits per heavy atom. The van der Waals surface area contributed by atoms with Gasteiger partial charge in [-0.05, 0) is 0 Å². The summed E-state index contributed by atoms with van der Waals surface area (Å²) in [6.45, 7) is -0.863. The van der Waals surface area contributed by atoms with E-state index in [1.165, 1.54) is 0 Å². The summed E-state index contributed by atoms with van der Waals surface area (Å²) in [7, 11) is 0. The molecule has 0 rings (SSSR count). The van der Waals surface area contributed by atoms with Gasteiger partial charge in [-0.1, -0.05) is 0 Å². The van der Waals surface area contributed by atoms with Crippen LogP contribution in [0.2, 0.25) is 0 Å². The third kappa shape index (κ3) is 22.8. The van der Waals surface area contributed by atoms with Gasteiger partial charge in [-0.2, -0.15) is 0 Å². The van der Waals surface area contributed by atoms with Gasteiger partial charge in [0.2, 0.25) is 0 Å². The number of hydrogen-bond donors (Lipinski definition) is 5. The van der Waals surface area contributed by atoms with Crippen molar-refractivity contribution >= 4 is 5.97 Å². The molecule has 0 aliphatic carbocycles. The van der Waals surface area contributed by atoms with Crippen LogP contribution in [0.1, 0.15) is 0 Å². The van der Waals surface area contributed by atoms with Crippen LogP contribution in [0.4, 0.5) is 0 Å². The van der Waals surface area contributed by atoms with Gasteiger partial charge in [0, 0.05) is 21.1 Å². The van der Waals surface area contributed by atoms with Crippen molar-refractivity contribution in [3.05, 3.63) is 0 Å². The molecule has 11 nitrogen and oxygen atoms in total. The average Bonchev–Trinajstić information content (AvgIpc) is 2.12. The number of hydrogen-bond acceptors (Lipinski definition) is 9. The fourth-order valence-electron chi connectivity index (χ4n) is 0.662. The number of aliphatic carboxylic acids is 1. The molecule has 0 aliphatic rings. The molecule has 116 valence electrons. The van der Waals surface area contributed by atoms with Gasteiger partial charge in [-0.3, -0.25) is 0 Å². The zero-order valence-electron chi connectivity index (χ0n) is 11.9. The molecule has 0 spiro atoms. The van der Waals surface area contributed by atoms with E-state index in [4.69, 9.17) is 25.5 Å². The van der Waals surface area contributed by atoms with E-state index in [-0.39, 0.29) is 132 Å². The third-order valence-electron chi connectivity index (χ3n) is 1.50. The molecule has 0 saturated carbocycles. The van der Waals surface area contributed by atoms with Crippen LogP contribution < -0.4 is 93.8 Å². The van der Waals surface area contributed by atoms with E-state index in [1.807, 2.05) is 0 Å². The molecule has 0 aromatic carbocycles. The first-order chi connectivity index (χ1) is 5.91. The number of carbonyl (C=O) groups excluding carboxylic acids is 1. The minimum atomic E-state index is -2.31. The fraction of sp³-hybridized carbons (Fsp3) is 0.833. The number of aliphatic hydroxyl groups is 5. The van der Waals surface area contributed by atoms with Crippen molar-refractivity contribution in [3.8, 4) is 0 Å². The maximum atomic E-state index is 9.98. The van der Waals surface area contributed by atoms with E-state index in [0.717, 1.165) is 0 Å². The molecule has 0 heterocycles. The first-order valence-corrected chi connectivity index (χ1v) is 3.45. The SMILES string of the molecule is O.O.O=C([O-])[C@H](O)[C@@H](O)[C@H](O)[C@H](O)CO.[Mo].[Na+].[Na+].[Na+].[OH-].[OH-]. The van der Waals surface area contributed by atoms with Crippen molar-refractivity contribution in [2.45, 2.75) is 24.4 Å². The Morgan fingerprint density at radius 3 is 1.38 bits per heavy atom. The van der Waals surface area contributed by atoms with Crippen LogP contribution in [0, 0.1) is 0 Å². The van der Waals surface area contributed by atoms with Crippen LogP contribution in [0.5, 0.6) is 0 Å². The number of rotatable bonds is 5. The van der Waals surface area contributed by atoms with Gasteiger partial charge >= 0.3 is 88.7 Å². The second-order valence-electron chi connectivity index (χ2n) is 2.49. The zero-order valence-corrected chi connectivity index (χ0v) is 19.9. The molecule has 0 radical (unpaired) electrons. The molecule has 0 fully saturated rings. The van der Waals surface area contributed by atoms with Crippen molar-refractivity contribution in [1.82, 2.24) is 0 Å². The summed E-state index contributed by atoms with van der Waals surface area (Å²) >= 11 is 0. The van der Waals surface area contributed by atoms with Crippen molar-refractivity contribution in [2.24, 2.45) is 0 Å². The van der Waals surface area contributed by atoms with E-state index < -0.39 is 37.0 Å². The van der Waals surface area contributed by atoms with Crippen LogP contribution >= 0.6 is 0 Å². The molecule has 0 bridgehead atoms. The van der Waals surface area contributed by atoms with Gasteiger partial charge in [0.25, 0.3) is 0 Å². The molecule has 0 aromatic rings. The van der Waals surface area contributed by atoms with Gasteiger partial charge < -0.3 is 57.3 Å². The van der Waals surface area contributed by atoms with E-state index in [2.05, 4.69) is 0 Å². The van der Waals surface area contributed by atoms with Gasteiger partial charge in [-0.15, -0.1) is 0 Å². The maximum Gasteiger partial charge on any atom is 1.00 e. The van der Waals surface area contributed by atoms with E-state index >= 15 is 0 Å². The second-order valence-corrected chi connectivity index (χ2v) is 2.49. The molecule has 4 atom stereocenters. The number of carbonyl (C=O) groups is 1. The van der Waals surface area contributed by atoms with Crippen molar-refractivity contribution in [1.29, 1.82) is 0 Å². The number of aliphatic hydroxyl groups excluding tert-OH is 5. The summed E-state index contributed by atoms with van der Waals surface area (Å²) in [5.41, 5.74) is 0. The zero-order chi connectivity index (χ0) is 10.6. The first-order valence-electron chi connectivity index (χ1n) is 3.45. The summed E-state index contributed by atoms with van der Waals surface area (Å²) in [5, 5.41) is 53.4. The smallest absolute Gasteiger partial charge is 0.870 e. The minimum absolute atomic E-state index is 0. The molecular weight excluding hydrogens is 413 g/mol. The molecule has 11 N–H and O–H groups in total. The molecule has 0 aliphatic heterocycles. The third-order valence-corrected chi connectivity index (χ3v) is 1.50. The summed E-state index contributed by atoms with van der Waals surface area (Å²) in [4.78, 5) is 9.98. The average molecular weight is 430 g/mol. The molecule has 0 unspecified atom stereocenters. The monoisotopic (exact) mass is 432 g/mol. The maximum absolute atomic E-state index is 9.98. The normalized spacial score (nSPS) is 12.6. The number of carboxylic acid groups (broad SMARTS) is 1. The molecule has 0 amide bonds. The summed E-state index contributed by atoms with van der Waals surface area (Å²) in [6.07, 6.45) is -8.08. The molecule has 0 aromatic heterocycles. The van der Waals surface area contributed by atoms with Crippen molar-refractivity contribution < 1.29 is 167 Å². The van der Waals surface area contributed by atoms with Gasteiger partial charge in [0.05, 0.1) is 12.6 Å².